The van der Waals surface area contributed by atoms with E-state index in [9.17, 15) is 18.4 Å². The van der Waals surface area contributed by atoms with Gasteiger partial charge in [0, 0.05) is 10.6 Å². The molecule has 0 radical (unpaired) electrons. The average Bonchev–Trinajstić information content (AvgIpc) is 2.62. The average molecular weight is 416 g/mol. The van der Waals surface area contributed by atoms with Gasteiger partial charge in [-0.2, -0.15) is 8.78 Å². The number of halogens is 3. The number of hydrogen-bond donors (Lipinski definition) is 1. The van der Waals surface area contributed by atoms with Crippen molar-refractivity contribution in [1.29, 1.82) is 0 Å². The Balaban J connectivity index is 1.84. The summed E-state index contributed by atoms with van der Waals surface area (Å²) in [6, 6.07) is 13.1. The van der Waals surface area contributed by atoms with Crippen LogP contribution in [0.4, 0.5) is 14.5 Å². The lowest BCUT2D eigenvalue weighted by Gasteiger charge is -2.14. The van der Waals surface area contributed by atoms with E-state index in [0.717, 1.165) is 4.90 Å². The maximum atomic E-state index is 12.2. The minimum atomic E-state index is -3.00. The highest BCUT2D eigenvalue weighted by Crippen LogP contribution is 2.29. The molecular weight excluding hydrogens is 400 g/mol. The van der Waals surface area contributed by atoms with Crippen LogP contribution < -0.4 is 10.1 Å². The first-order chi connectivity index (χ1) is 12.8. The highest BCUT2D eigenvalue weighted by molar-refractivity contribution is 8.00. The van der Waals surface area contributed by atoms with Gasteiger partial charge in [0.25, 0.3) is 5.91 Å². The number of amides is 1. The molecule has 2 aromatic rings. The highest BCUT2D eigenvalue weighted by atomic mass is 35.5. The number of esters is 1. The second-order valence-corrected chi connectivity index (χ2v) is 6.70. The van der Waals surface area contributed by atoms with Crippen LogP contribution in [0.1, 0.15) is 6.92 Å². The van der Waals surface area contributed by atoms with Gasteiger partial charge in [-0.15, -0.1) is 11.8 Å². The summed E-state index contributed by atoms with van der Waals surface area (Å²) in [6.45, 7) is -1.58. The number of thioether (sulfide) groups is 1. The van der Waals surface area contributed by atoms with E-state index in [1.807, 2.05) is 30.3 Å². The fourth-order valence-corrected chi connectivity index (χ4v) is 2.88. The third-order valence-corrected chi connectivity index (χ3v) is 4.47. The lowest BCUT2D eigenvalue weighted by atomic mass is 10.3. The molecule has 0 bridgehead atoms. The SMILES string of the molecule is CC(OC(=O)CSc1ccccc1)C(=O)Nc1ccc(OC(F)F)c(Cl)c1. The number of carbonyl (C=O) groups is 2. The van der Waals surface area contributed by atoms with Crippen LogP contribution in [0.15, 0.2) is 53.4 Å². The summed E-state index contributed by atoms with van der Waals surface area (Å²) >= 11 is 7.12. The predicted octanol–water partition coefficient (Wildman–Crippen LogP) is 4.60. The molecule has 1 amide bonds. The van der Waals surface area contributed by atoms with E-state index < -0.39 is 24.6 Å². The maximum Gasteiger partial charge on any atom is 0.387 e. The molecule has 27 heavy (non-hydrogen) atoms. The molecule has 144 valence electrons. The summed E-state index contributed by atoms with van der Waals surface area (Å²) in [5, 5.41) is 2.41. The van der Waals surface area contributed by atoms with Crippen molar-refractivity contribution in [2.24, 2.45) is 0 Å². The summed E-state index contributed by atoms with van der Waals surface area (Å²) in [6.07, 6.45) is -1.04. The molecule has 0 fully saturated rings. The van der Waals surface area contributed by atoms with Gasteiger partial charge in [0.1, 0.15) is 5.75 Å². The van der Waals surface area contributed by atoms with Crippen molar-refractivity contribution in [3.63, 3.8) is 0 Å². The van der Waals surface area contributed by atoms with Crippen LogP contribution in [-0.4, -0.2) is 30.3 Å². The smallest absolute Gasteiger partial charge is 0.387 e. The second-order valence-electron chi connectivity index (χ2n) is 5.25. The van der Waals surface area contributed by atoms with Crippen molar-refractivity contribution in [2.75, 3.05) is 11.1 Å². The highest BCUT2D eigenvalue weighted by Gasteiger charge is 2.19. The topological polar surface area (TPSA) is 64.6 Å². The minimum Gasteiger partial charge on any atom is -0.452 e. The number of alkyl halides is 2. The van der Waals surface area contributed by atoms with Gasteiger partial charge >= 0.3 is 12.6 Å². The Kier molecular flexibility index (Phi) is 7.87. The molecule has 0 spiro atoms. The van der Waals surface area contributed by atoms with Crippen LogP contribution in [0, 0.1) is 0 Å². The van der Waals surface area contributed by atoms with Crippen LogP contribution in [0.3, 0.4) is 0 Å². The van der Waals surface area contributed by atoms with E-state index in [0.29, 0.717) is 0 Å². The third kappa shape index (κ3) is 7.07. The molecule has 2 rings (SSSR count). The molecule has 0 aromatic heterocycles. The zero-order valence-corrected chi connectivity index (χ0v) is 15.7. The Labute approximate surface area is 164 Å². The molecule has 5 nitrogen and oxygen atoms in total. The van der Waals surface area contributed by atoms with Crippen LogP contribution >= 0.6 is 23.4 Å². The second kappa shape index (κ2) is 10.1. The van der Waals surface area contributed by atoms with Gasteiger partial charge in [-0.1, -0.05) is 29.8 Å². The van der Waals surface area contributed by atoms with Gasteiger partial charge in [0.15, 0.2) is 6.10 Å². The van der Waals surface area contributed by atoms with Gasteiger partial charge in [0.2, 0.25) is 0 Å². The van der Waals surface area contributed by atoms with Gasteiger partial charge in [-0.25, -0.2) is 0 Å². The number of benzene rings is 2. The van der Waals surface area contributed by atoms with E-state index in [1.54, 1.807) is 0 Å². The number of anilines is 1. The summed E-state index contributed by atoms with van der Waals surface area (Å²) in [5.41, 5.74) is 0.258. The number of rotatable bonds is 8. The third-order valence-electron chi connectivity index (χ3n) is 3.19. The molecule has 0 aliphatic heterocycles. The van der Waals surface area contributed by atoms with Crippen molar-refractivity contribution < 1.29 is 27.8 Å². The van der Waals surface area contributed by atoms with Gasteiger partial charge in [0.05, 0.1) is 10.8 Å². The summed E-state index contributed by atoms with van der Waals surface area (Å²) in [5.74, 6) is -1.26. The lowest BCUT2D eigenvalue weighted by molar-refractivity contribution is -0.150. The standard InChI is InChI=1S/C18H16ClF2NO4S/c1-11(25-16(23)10-27-13-5-3-2-4-6-13)17(24)22-12-7-8-15(14(19)9-12)26-18(20)21/h2-9,11,18H,10H2,1H3,(H,22,24). The monoisotopic (exact) mass is 415 g/mol. The number of hydrogen-bond acceptors (Lipinski definition) is 5. The number of ether oxygens (including phenoxy) is 2. The Bertz CT molecular complexity index is 792. The van der Waals surface area contributed by atoms with Crippen molar-refractivity contribution in [1.82, 2.24) is 0 Å². The first kappa shape index (κ1) is 21.0. The van der Waals surface area contributed by atoms with Gasteiger partial charge in [-0.05, 0) is 37.3 Å². The van der Waals surface area contributed by atoms with Crippen molar-refractivity contribution >= 4 is 40.9 Å². The quantitative estimate of drug-likeness (QED) is 0.504. The van der Waals surface area contributed by atoms with Crippen LogP contribution in [0.5, 0.6) is 5.75 Å². The van der Waals surface area contributed by atoms with E-state index in [2.05, 4.69) is 10.1 Å². The van der Waals surface area contributed by atoms with E-state index in [1.165, 1.54) is 36.9 Å². The molecule has 1 N–H and O–H groups in total. The molecule has 0 aliphatic rings. The largest absolute Gasteiger partial charge is 0.452 e. The first-order valence-corrected chi connectivity index (χ1v) is 9.14. The minimum absolute atomic E-state index is 0.0626. The molecule has 9 heteroatoms. The Morgan fingerprint density at radius 3 is 2.52 bits per heavy atom. The van der Waals surface area contributed by atoms with Crippen LogP contribution in [-0.2, 0) is 14.3 Å². The number of nitrogens with one attached hydrogen (secondary N) is 1. The van der Waals surface area contributed by atoms with Crippen molar-refractivity contribution in [2.45, 2.75) is 24.5 Å². The summed E-state index contributed by atoms with van der Waals surface area (Å²) in [7, 11) is 0. The Morgan fingerprint density at radius 1 is 1.19 bits per heavy atom. The predicted molar refractivity (Wildman–Crippen MR) is 99.4 cm³/mol. The fourth-order valence-electron chi connectivity index (χ4n) is 1.96. The zero-order valence-electron chi connectivity index (χ0n) is 14.2. The van der Waals surface area contributed by atoms with Crippen molar-refractivity contribution in [3.8, 4) is 5.75 Å². The Hall–Kier alpha value is -2.32. The zero-order chi connectivity index (χ0) is 19.8. The molecule has 1 atom stereocenters. The lowest BCUT2D eigenvalue weighted by Crippen LogP contribution is -2.30. The van der Waals surface area contributed by atoms with E-state index in [-0.39, 0.29) is 22.2 Å². The molecule has 2 aromatic carbocycles. The summed E-state index contributed by atoms with van der Waals surface area (Å²) < 4.78 is 33.7. The van der Waals surface area contributed by atoms with Crippen LogP contribution in [0.2, 0.25) is 5.02 Å². The number of carbonyl (C=O) groups excluding carboxylic acids is 2. The fraction of sp³-hybridized carbons (Fsp3) is 0.222. The van der Waals surface area contributed by atoms with Crippen LogP contribution in [0.25, 0.3) is 0 Å². The van der Waals surface area contributed by atoms with Gasteiger partial charge in [-0.3, -0.25) is 9.59 Å². The molecular formula is C18H16ClF2NO4S. The molecule has 0 saturated carbocycles. The van der Waals surface area contributed by atoms with E-state index in [4.69, 9.17) is 16.3 Å². The normalized spacial score (nSPS) is 11.7. The molecule has 0 heterocycles. The molecule has 0 aliphatic carbocycles. The maximum absolute atomic E-state index is 12.2. The summed E-state index contributed by atoms with van der Waals surface area (Å²) in [4.78, 5) is 24.9. The van der Waals surface area contributed by atoms with E-state index >= 15 is 0 Å². The van der Waals surface area contributed by atoms with Gasteiger partial charge < -0.3 is 14.8 Å². The molecule has 0 saturated heterocycles. The molecule has 1 unspecified atom stereocenters. The van der Waals surface area contributed by atoms with Crippen molar-refractivity contribution in [3.05, 3.63) is 53.6 Å². The first-order valence-electron chi connectivity index (χ1n) is 7.77. The Morgan fingerprint density at radius 2 is 1.89 bits per heavy atom.